The first-order valence-corrected chi connectivity index (χ1v) is 13.3. The van der Waals surface area contributed by atoms with Crippen LogP contribution in [0.4, 0.5) is 0 Å². The van der Waals surface area contributed by atoms with E-state index in [-0.39, 0.29) is 37.7 Å². The molecule has 208 valence electrons. The van der Waals surface area contributed by atoms with Crippen molar-refractivity contribution in [3.05, 3.63) is 18.2 Å². The maximum Gasteiger partial charge on any atom is 0.326 e. The van der Waals surface area contributed by atoms with E-state index in [0.29, 0.717) is 17.9 Å². The molecule has 3 amide bonds. The SMILES string of the molecule is CSCCC(NC(=O)C(NC(=O)C(N)Cc1cnc[nH]1)C(C)C)C(=O)NC(CCCN=C(N)N)C(=O)O. The Morgan fingerprint density at radius 3 is 2.30 bits per heavy atom. The number of imidazole rings is 1. The summed E-state index contributed by atoms with van der Waals surface area (Å²) in [6.45, 7) is 3.71. The van der Waals surface area contributed by atoms with E-state index in [1.54, 1.807) is 20.0 Å². The lowest BCUT2D eigenvalue weighted by molar-refractivity contribution is -0.142. The Labute approximate surface area is 220 Å². The number of carboxylic acids is 1. The van der Waals surface area contributed by atoms with Gasteiger partial charge in [-0.25, -0.2) is 9.78 Å². The van der Waals surface area contributed by atoms with E-state index < -0.39 is 47.9 Å². The number of aliphatic carboxylic acids is 1. The summed E-state index contributed by atoms with van der Waals surface area (Å²) in [5.41, 5.74) is 17.2. The van der Waals surface area contributed by atoms with Gasteiger partial charge >= 0.3 is 5.97 Å². The van der Waals surface area contributed by atoms with Crippen LogP contribution in [0.15, 0.2) is 17.5 Å². The fraction of sp³-hybridized carbons (Fsp3) is 0.636. The van der Waals surface area contributed by atoms with Gasteiger partial charge in [-0.05, 0) is 37.2 Å². The summed E-state index contributed by atoms with van der Waals surface area (Å²) in [6, 6.07) is -4.06. The normalized spacial score (nSPS) is 14.2. The van der Waals surface area contributed by atoms with E-state index in [2.05, 4.69) is 30.9 Å². The number of aromatic amines is 1. The molecule has 0 aromatic carbocycles. The van der Waals surface area contributed by atoms with Crippen LogP contribution in [-0.2, 0) is 25.6 Å². The van der Waals surface area contributed by atoms with Crippen LogP contribution in [0.2, 0.25) is 0 Å². The minimum absolute atomic E-state index is 0.0972. The molecule has 0 aliphatic heterocycles. The third kappa shape index (κ3) is 12.0. The van der Waals surface area contributed by atoms with Gasteiger partial charge in [-0.15, -0.1) is 0 Å². The number of hydrogen-bond donors (Lipinski definition) is 8. The number of nitrogens with one attached hydrogen (secondary N) is 4. The second-order valence-electron chi connectivity index (χ2n) is 8.81. The third-order valence-electron chi connectivity index (χ3n) is 5.38. The Morgan fingerprint density at radius 2 is 1.76 bits per heavy atom. The lowest BCUT2D eigenvalue weighted by Gasteiger charge is -2.27. The molecule has 0 spiro atoms. The largest absolute Gasteiger partial charge is 0.480 e. The molecule has 1 aromatic rings. The van der Waals surface area contributed by atoms with Gasteiger partial charge in [0.1, 0.15) is 18.1 Å². The summed E-state index contributed by atoms with van der Waals surface area (Å²) in [5.74, 6) is -2.83. The maximum atomic E-state index is 13.1. The molecular weight excluding hydrogens is 502 g/mol. The van der Waals surface area contributed by atoms with Crippen molar-refractivity contribution < 1.29 is 24.3 Å². The highest BCUT2D eigenvalue weighted by atomic mass is 32.2. The van der Waals surface area contributed by atoms with Crippen LogP contribution in [0.1, 0.15) is 38.8 Å². The molecule has 0 aliphatic rings. The van der Waals surface area contributed by atoms with Crippen molar-refractivity contribution in [2.24, 2.45) is 28.1 Å². The molecule has 0 fully saturated rings. The van der Waals surface area contributed by atoms with Crippen molar-refractivity contribution in [3.8, 4) is 0 Å². The summed E-state index contributed by atoms with van der Waals surface area (Å²) in [6.07, 6.45) is 5.77. The van der Waals surface area contributed by atoms with Crippen molar-refractivity contribution in [1.29, 1.82) is 0 Å². The number of nitrogens with two attached hydrogens (primary N) is 3. The summed E-state index contributed by atoms with van der Waals surface area (Å²) in [5, 5.41) is 17.3. The predicted octanol–water partition coefficient (Wildman–Crippen LogP) is -1.72. The average Bonchev–Trinajstić information content (AvgIpc) is 3.33. The number of hydrogen-bond acceptors (Lipinski definition) is 8. The number of aliphatic imine (C=N–C) groups is 1. The van der Waals surface area contributed by atoms with Crippen molar-refractivity contribution in [2.75, 3.05) is 18.6 Å². The Kier molecular flexibility index (Phi) is 14.1. The van der Waals surface area contributed by atoms with Gasteiger partial charge in [0.2, 0.25) is 17.7 Å². The van der Waals surface area contributed by atoms with Crippen molar-refractivity contribution in [3.63, 3.8) is 0 Å². The number of carbonyl (C=O) groups is 4. The molecule has 0 aliphatic carbocycles. The van der Waals surface area contributed by atoms with Crippen LogP contribution in [0, 0.1) is 5.92 Å². The van der Waals surface area contributed by atoms with Gasteiger partial charge in [0.05, 0.1) is 12.4 Å². The molecule has 0 bridgehead atoms. The summed E-state index contributed by atoms with van der Waals surface area (Å²) >= 11 is 1.47. The molecule has 14 nitrogen and oxygen atoms in total. The van der Waals surface area contributed by atoms with Crippen molar-refractivity contribution in [1.82, 2.24) is 25.9 Å². The predicted molar refractivity (Wildman–Crippen MR) is 141 cm³/mol. The van der Waals surface area contributed by atoms with Crippen LogP contribution in [0.5, 0.6) is 0 Å². The maximum absolute atomic E-state index is 13.1. The quantitative estimate of drug-likeness (QED) is 0.0629. The highest BCUT2D eigenvalue weighted by Crippen LogP contribution is 2.08. The number of rotatable bonds is 17. The number of thioether (sulfide) groups is 1. The highest BCUT2D eigenvalue weighted by molar-refractivity contribution is 7.98. The van der Waals surface area contributed by atoms with E-state index >= 15 is 0 Å². The van der Waals surface area contributed by atoms with Crippen molar-refractivity contribution in [2.45, 2.75) is 63.7 Å². The number of guanidine groups is 1. The summed E-state index contributed by atoms with van der Waals surface area (Å²) < 4.78 is 0. The minimum Gasteiger partial charge on any atom is -0.480 e. The van der Waals surface area contributed by atoms with E-state index in [0.717, 1.165) is 0 Å². The minimum atomic E-state index is -1.22. The van der Waals surface area contributed by atoms with Crippen molar-refractivity contribution >= 4 is 41.4 Å². The molecule has 37 heavy (non-hydrogen) atoms. The van der Waals surface area contributed by atoms with Gasteiger partial charge in [-0.2, -0.15) is 11.8 Å². The summed E-state index contributed by atoms with van der Waals surface area (Å²) in [4.78, 5) is 60.9. The first kappa shape index (κ1) is 31.7. The number of nitrogens with zero attached hydrogens (tertiary/aromatic N) is 2. The number of aromatic nitrogens is 2. The Balaban J connectivity index is 2.85. The molecule has 0 radical (unpaired) electrons. The first-order chi connectivity index (χ1) is 17.5. The van der Waals surface area contributed by atoms with Gasteiger partial charge in [0, 0.05) is 24.9 Å². The van der Waals surface area contributed by atoms with E-state index in [1.165, 1.54) is 18.1 Å². The van der Waals surface area contributed by atoms with Gasteiger partial charge < -0.3 is 43.2 Å². The zero-order valence-electron chi connectivity index (χ0n) is 21.4. The standard InChI is InChI=1S/C22H39N9O5S/c1-12(2)17(31-18(32)14(23)9-13-10-26-11-28-13)20(34)29-15(6-8-37-3)19(33)30-16(21(35)36)5-4-7-27-22(24)25/h10-12,14-17H,4-9,23H2,1-3H3,(H,26,28)(H,29,34)(H,30,33)(H,31,32)(H,35,36)(H4,24,25,27). The number of H-pyrrole nitrogens is 1. The van der Waals surface area contributed by atoms with Gasteiger partial charge in [0.25, 0.3) is 0 Å². The molecule has 0 saturated carbocycles. The smallest absolute Gasteiger partial charge is 0.326 e. The fourth-order valence-corrected chi connectivity index (χ4v) is 3.79. The second-order valence-corrected chi connectivity index (χ2v) is 9.79. The molecule has 15 heteroatoms. The van der Waals surface area contributed by atoms with Gasteiger partial charge in [-0.3, -0.25) is 19.4 Å². The van der Waals surface area contributed by atoms with E-state index in [1.807, 2.05) is 6.26 Å². The molecule has 1 rings (SSSR count). The number of amides is 3. The van der Waals surface area contributed by atoms with Crippen LogP contribution in [0.3, 0.4) is 0 Å². The highest BCUT2D eigenvalue weighted by Gasteiger charge is 2.31. The van der Waals surface area contributed by atoms with Gasteiger partial charge in [-0.1, -0.05) is 13.8 Å². The molecule has 1 heterocycles. The lowest BCUT2D eigenvalue weighted by Crippen LogP contribution is -2.58. The topological polar surface area (TPSA) is 244 Å². The lowest BCUT2D eigenvalue weighted by atomic mass is 10.0. The Hall–Kier alpha value is -3.33. The molecular formula is C22H39N9O5S. The zero-order valence-corrected chi connectivity index (χ0v) is 22.2. The summed E-state index contributed by atoms with van der Waals surface area (Å²) in [7, 11) is 0. The molecule has 4 atom stereocenters. The second kappa shape index (κ2) is 16.4. The van der Waals surface area contributed by atoms with Crippen LogP contribution < -0.4 is 33.2 Å². The first-order valence-electron chi connectivity index (χ1n) is 11.9. The van der Waals surface area contributed by atoms with Crippen LogP contribution in [-0.4, -0.2) is 87.4 Å². The fourth-order valence-electron chi connectivity index (χ4n) is 3.32. The molecule has 11 N–H and O–H groups in total. The molecule has 0 saturated heterocycles. The zero-order chi connectivity index (χ0) is 28.0. The van der Waals surface area contributed by atoms with Crippen LogP contribution in [0.25, 0.3) is 0 Å². The monoisotopic (exact) mass is 541 g/mol. The molecule has 1 aromatic heterocycles. The van der Waals surface area contributed by atoms with E-state index in [4.69, 9.17) is 17.2 Å². The number of carbonyl (C=O) groups excluding carboxylic acids is 3. The van der Waals surface area contributed by atoms with Crippen LogP contribution >= 0.6 is 11.8 Å². The average molecular weight is 542 g/mol. The third-order valence-corrected chi connectivity index (χ3v) is 6.03. The number of carboxylic acid groups (broad SMARTS) is 1. The molecule has 4 unspecified atom stereocenters. The Morgan fingerprint density at radius 1 is 1.08 bits per heavy atom. The Bertz CT molecular complexity index is 906. The van der Waals surface area contributed by atoms with E-state index in [9.17, 15) is 24.3 Å². The van der Waals surface area contributed by atoms with Gasteiger partial charge in [0.15, 0.2) is 5.96 Å².